The number of fused-ring (bicyclic) bond motifs is 7. The molecular formula is C38H59FN2O. The summed E-state index contributed by atoms with van der Waals surface area (Å²) in [4.78, 5) is 14.9. The normalized spacial score (nSPS) is 38.9. The quantitative estimate of drug-likeness (QED) is 0.259. The molecule has 1 aliphatic heterocycles. The molecule has 1 heterocycles. The van der Waals surface area contributed by atoms with E-state index in [1.807, 2.05) is 32.9 Å². The van der Waals surface area contributed by atoms with E-state index < -0.39 is 0 Å². The number of rotatable bonds is 2. The molecule has 0 spiro atoms. The lowest BCUT2D eigenvalue weighted by Gasteiger charge is -2.70. The van der Waals surface area contributed by atoms with Crippen LogP contribution in [-0.2, 0) is 4.79 Å². The molecule has 4 heteroatoms. The Kier molecular flexibility index (Phi) is 11.2. The Morgan fingerprint density at radius 3 is 2.12 bits per heavy atom. The Hall–Kier alpha value is -2.15. The minimum Gasteiger partial charge on any atom is -0.366 e. The first kappa shape index (κ1) is 34.3. The SMILES string of the molecule is C=CC.CC.CC1(C)C2CC[C@@]3(C)C4CC[C@@]5(C=O)CCC[C@@H]5[C@H]4CCC3[C@@]2(C)CCN1c1ccc(C#N)cc1.CF. The van der Waals surface area contributed by atoms with Crippen LogP contribution in [0, 0.1) is 57.2 Å². The number of hydrogen-bond donors (Lipinski definition) is 0. The molecule has 5 aliphatic rings. The molecule has 234 valence electrons. The maximum absolute atomic E-state index is 12.3. The van der Waals surface area contributed by atoms with Crippen LogP contribution in [0.2, 0.25) is 0 Å². The number of halogens is 1. The molecule has 42 heavy (non-hydrogen) atoms. The predicted molar refractivity (Wildman–Crippen MR) is 175 cm³/mol. The highest BCUT2D eigenvalue weighted by atomic mass is 19.1. The fraction of sp³-hybridized carbons (Fsp3) is 0.737. The maximum atomic E-state index is 12.3. The first-order chi connectivity index (χ1) is 20.1. The van der Waals surface area contributed by atoms with Crippen LogP contribution in [0.5, 0.6) is 0 Å². The van der Waals surface area contributed by atoms with Crippen LogP contribution in [0.3, 0.4) is 0 Å². The highest BCUT2D eigenvalue weighted by Crippen LogP contribution is 2.71. The van der Waals surface area contributed by atoms with Crippen molar-refractivity contribution in [2.75, 3.05) is 18.6 Å². The number of carbonyl (C=O) groups is 1. The van der Waals surface area contributed by atoms with Crippen LogP contribution >= 0.6 is 0 Å². The van der Waals surface area contributed by atoms with E-state index in [9.17, 15) is 14.4 Å². The lowest BCUT2D eigenvalue weighted by molar-refractivity contribution is -0.181. The zero-order chi connectivity index (χ0) is 31.3. The van der Waals surface area contributed by atoms with E-state index in [2.05, 4.69) is 57.4 Å². The van der Waals surface area contributed by atoms with Crippen molar-refractivity contribution < 1.29 is 9.18 Å². The van der Waals surface area contributed by atoms with Gasteiger partial charge in [-0.15, -0.1) is 6.58 Å². The van der Waals surface area contributed by atoms with Crippen LogP contribution in [0.4, 0.5) is 10.1 Å². The average molecular weight is 579 g/mol. The summed E-state index contributed by atoms with van der Waals surface area (Å²) in [6, 6.07) is 10.5. The van der Waals surface area contributed by atoms with E-state index >= 15 is 0 Å². The summed E-state index contributed by atoms with van der Waals surface area (Å²) in [5.74, 6) is 3.73. The van der Waals surface area contributed by atoms with Gasteiger partial charge in [0.15, 0.2) is 0 Å². The van der Waals surface area contributed by atoms with Crippen molar-refractivity contribution in [3.63, 3.8) is 0 Å². The van der Waals surface area contributed by atoms with Crippen molar-refractivity contribution in [3.8, 4) is 6.07 Å². The molecule has 1 aromatic rings. The molecule has 5 fully saturated rings. The summed E-state index contributed by atoms with van der Waals surface area (Å²) in [5, 5.41) is 9.24. The molecule has 0 amide bonds. The van der Waals surface area contributed by atoms with Crippen molar-refractivity contribution in [2.45, 2.75) is 118 Å². The molecular weight excluding hydrogens is 519 g/mol. The molecule has 6 rings (SSSR count). The van der Waals surface area contributed by atoms with Crippen LogP contribution < -0.4 is 4.90 Å². The Morgan fingerprint density at radius 2 is 1.52 bits per heavy atom. The van der Waals surface area contributed by atoms with Gasteiger partial charge in [-0.05, 0) is 143 Å². The van der Waals surface area contributed by atoms with E-state index in [4.69, 9.17) is 0 Å². The predicted octanol–water partition coefficient (Wildman–Crippen LogP) is 10.2. The zero-order valence-electron chi connectivity index (χ0n) is 28.0. The van der Waals surface area contributed by atoms with Crippen molar-refractivity contribution >= 4 is 12.0 Å². The summed E-state index contributed by atoms with van der Waals surface area (Å²) < 4.78 is 9.50. The molecule has 0 radical (unpaired) electrons. The standard InChI is InChI=1S/C32H44N2O.C3H6.C2H6.CH3F/c1-29(2)27-14-16-30(3)25-13-17-32(21-35)15-5-6-26(32)24(25)11-12-28(30)31(27,4)18-19-34(29)23-9-7-22(20-33)8-10-23;1-3-2;2*1-2/h7-10,21,24-28H,5-6,11-19H2,1-4H3;3H,1H2,2H3;1-2H3;1H3/t24-,25?,26+,27?,28?,30-,31-,32+;;;/m0.../s1. The van der Waals surface area contributed by atoms with Crippen molar-refractivity contribution in [1.82, 2.24) is 0 Å². The third kappa shape index (κ3) is 5.48. The summed E-state index contributed by atoms with van der Waals surface area (Å²) in [6.45, 7) is 20.7. The molecule has 1 saturated heterocycles. The number of aldehydes is 1. The van der Waals surface area contributed by atoms with Gasteiger partial charge in [0.1, 0.15) is 6.29 Å². The second-order valence-electron chi connectivity index (χ2n) is 14.5. The monoisotopic (exact) mass is 578 g/mol. The lowest BCUT2D eigenvalue weighted by Crippen LogP contribution is -2.67. The summed E-state index contributed by atoms with van der Waals surface area (Å²) >= 11 is 0. The van der Waals surface area contributed by atoms with Gasteiger partial charge in [0.05, 0.1) is 18.8 Å². The van der Waals surface area contributed by atoms with Gasteiger partial charge in [-0.1, -0.05) is 40.2 Å². The van der Waals surface area contributed by atoms with Crippen molar-refractivity contribution in [3.05, 3.63) is 42.5 Å². The Morgan fingerprint density at radius 1 is 0.881 bits per heavy atom. The van der Waals surface area contributed by atoms with E-state index in [0.29, 0.717) is 29.8 Å². The van der Waals surface area contributed by atoms with E-state index in [0.717, 1.165) is 42.7 Å². The third-order valence-corrected chi connectivity index (χ3v) is 12.8. The second kappa shape index (κ2) is 13.7. The molecule has 3 unspecified atom stereocenters. The van der Waals surface area contributed by atoms with Gasteiger partial charge < -0.3 is 9.69 Å². The van der Waals surface area contributed by atoms with Gasteiger partial charge in [0.2, 0.25) is 0 Å². The smallest absolute Gasteiger partial charge is 0.126 e. The van der Waals surface area contributed by atoms with Crippen LogP contribution in [-0.4, -0.2) is 25.5 Å². The fourth-order valence-electron chi connectivity index (χ4n) is 11.4. The molecule has 3 nitrogen and oxygen atoms in total. The summed E-state index contributed by atoms with van der Waals surface area (Å²) in [6.07, 6.45) is 16.0. The van der Waals surface area contributed by atoms with Crippen molar-refractivity contribution in [1.29, 1.82) is 5.26 Å². The number of carbonyl (C=O) groups excluding carboxylic acids is 1. The van der Waals surface area contributed by atoms with E-state index in [1.165, 1.54) is 63.3 Å². The number of hydrogen-bond acceptors (Lipinski definition) is 3. The molecule has 4 saturated carbocycles. The lowest BCUT2D eigenvalue weighted by atomic mass is 9.38. The Balaban J connectivity index is 0.000000640. The fourth-order valence-corrected chi connectivity index (χ4v) is 11.4. The van der Waals surface area contributed by atoms with E-state index in [-0.39, 0.29) is 11.0 Å². The average Bonchev–Trinajstić information content (AvgIpc) is 3.45. The molecule has 8 atom stereocenters. The van der Waals surface area contributed by atoms with Crippen LogP contribution in [0.1, 0.15) is 118 Å². The van der Waals surface area contributed by atoms with Gasteiger partial charge in [-0.3, -0.25) is 4.39 Å². The number of alkyl halides is 1. The Bertz CT molecular complexity index is 1090. The van der Waals surface area contributed by atoms with Gasteiger partial charge in [-0.2, -0.15) is 5.26 Å². The zero-order valence-corrected chi connectivity index (χ0v) is 28.0. The molecule has 1 aromatic carbocycles. The molecule has 0 N–H and O–H groups in total. The summed E-state index contributed by atoms with van der Waals surface area (Å²) in [5.41, 5.74) is 2.95. The molecule has 0 aromatic heterocycles. The largest absolute Gasteiger partial charge is 0.366 e. The highest BCUT2D eigenvalue weighted by molar-refractivity contribution is 5.61. The number of allylic oxidation sites excluding steroid dienone is 1. The maximum Gasteiger partial charge on any atom is 0.126 e. The summed E-state index contributed by atoms with van der Waals surface area (Å²) in [7, 11) is 0.500. The first-order valence-electron chi connectivity index (χ1n) is 16.8. The highest BCUT2D eigenvalue weighted by Gasteiger charge is 2.66. The first-order valence-corrected chi connectivity index (χ1v) is 16.8. The van der Waals surface area contributed by atoms with Crippen molar-refractivity contribution in [2.24, 2.45) is 45.8 Å². The van der Waals surface area contributed by atoms with Gasteiger partial charge >= 0.3 is 0 Å². The number of benzene rings is 1. The molecule has 4 aliphatic carbocycles. The van der Waals surface area contributed by atoms with Gasteiger partial charge in [0.25, 0.3) is 0 Å². The van der Waals surface area contributed by atoms with Crippen LogP contribution in [0.15, 0.2) is 36.9 Å². The van der Waals surface area contributed by atoms with E-state index in [1.54, 1.807) is 6.08 Å². The number of nitrogens with zero attached hydrogens (tertiary/aromatic N) is 2. The second-order valence-corrected chi connectivity index (χ2v) is 14.5. The van der Waals surface area contributed by atoms with Gasteiger partial charge in [0, 0.05) is 23.2 Å². The minimum absolute atomic E-state index is 0.0277. The topological polar surface area (TPSA) is 44.1 Å². The number of anilines is 1. The minimum atomic E-state index is 0.0277. The number of nitriles is 1. The Labute approximate surface area is 257 Å². The van der Waals surface area contributed by atoms with Crippen LogP contribution in [0.25, 0.3) is 0 Å². The third-order valence-electron chi connectivity index (χ3n) is 12.8. The van der Waals surface area contributed by atoms with Gasteiger partial charge in [-0.25, -0.2) is 0 Å². The molecule has 0 bridgehead atoms. The number of piperidine rings is 1.